The van der Waals surface area contributed by atoms with E-state index < -0.39 is 45.7 Å². The summed E-state index contributed by atoms with van der Waals surface area (Å²) in [6, 6.07) is 2.39. The first kappa shape index (κ1) is 27.9. The molecule has 7 N–H and O–H groups in total. The molecule has 2 atom stereocenters. The van der Waals surface area contributed by atoms with Crippen LogP contribution in [0.2, 0.25) is 0 Å². The molecule has 0 radical (unpaired) electrons. The van der Waals surface area contributed by atoms with Crippen molar-refractivity contribution in [1.29, 1.82) is 0 Å². The molecule has 1 aliphatic rings. The fraction of sp³-hybridized carbons (Fsp3) is 0.500. The number of nitrogens with zero attached hydrogens (tertiary/aromatic N) is 3. The Bertz CT molecular complexity index is 1430. The summed E-state index contributed by atoms with van der Waals surface area (Å²) in [7, 11) is -12.7. The summed E-state index contributed by atoms with van der Waals surface area (Å²) in [5.74, 6) is -0.0258. The van der Waals surface area contributed by atoms with Crippen LogP contribution in [0.4, 0.5) is 23.5 Å². The lowest BCUT2D eigenvalue weighted by atomic mass is 9.81. The van der Waals surface area contributed by atoms with Crippen LogP contribution in [0, 0.1) is 11.8 Å². The summed E-state index contributed by atoms with van der Waals surface area (Å²) in [5.41, 5.74) is 5.32. The molecule has 0 aliphatic heterocycles. The highest BCUT2D eigenvalue weighted by molar-refractivity contribution is 7.88. The van der Waals surface area contributed by atoms with Crippen molar-refractivity contribution < 1.29 is 34.4 Å². The topological polar surface area (TPSA) is 244 Å². The van der Waals surface area contributed by atoms with Crippen molar-refractivity contribution >= 4 is 53.8 Å². The highest BCUT2D eigenvalue weighted by atomic mass is 32.2. The number of nitrogens with two attached hydrogens (primary N) is 1. The summed E-state index contributed by atoms with van der Waals surface area (Å²) in [4.78, 5) is 10.6. The van der Waals surface area contributed by atoms with Crippen LogP contribution in [-0.4, -0.2) is 68.7 Å². The molecule has 15 nitrogen and oxygen atoms in total. The van der Waals surface area contributed by atoms with Crippen LogP contribution in [0.3, 0.4) is 0 Å². The summed E-state index contributed by atoms with van der Waals surface area (Å²) in [6.07, 6.45) is 4.64. The van der Waals surface area contributed by atoms with E-state index in [0.717, 1.165) is 50.1 Å². The molecule has 1 aromatic carbocycles. The molecule has 0 spiro atoms. The molecular weight excluding hydrogens is 538 g/mol. The molecular formula is C18H27N7O8S3. The van der Waals surface area contributed by atoms with E-state index in [9.17, 15) is 34.4 Å². The first-order valence-electron chi connectivity index (χ1n) is 10.7. The molecule has 2 aromatic rings. The van der Waals surface area contributed by atoms with Gasteiger partial charge in [-0.3, -0.25) is 9.11 Å². The van der Waals surface area contributed by atoms with Crippen molar-refractivity contribution in [2.24, 2.45) is 11.8 Å². The Morgan fingerprint density at radius 1 is 0.944 bits per heavy atom. The predicted molar refractivity (Wildman–Crippen MR) is 130 cm³/mol. The molecule has 1 aromatic heterocycles. The molecule has 1 heterocycles. The Morgan fingerprint density at radius 2 is 1.58 bits per heavy atom. The second-order valence-corrected chi connectivity index (χ2v) is 13.1. The molecule has 2 unspecified atom stereocenters. The first-order valence-corrected chi connectivity index (χ1v) is 15.4. The third kappa shape index (κ3) is 8.20. The average Bonchev–Trinajstić information content (AvgIpc) is 2.74. The van der Waals surface area contributed by atoms with Crippen molar-refractivity contribution in [3.63, 3.8) is 0 Å². The summed E-state index contributed by atoms with van der Waals surface area (Å²) in [5, 5.41) is 5.52. The number of aromatic nitrogens is 3. The molecule has 0 bridgehead atoms. The normalized spacial score (nSPS) is 19.1. The number of anilines is 4. The Balaban J connectivity index is 1.75. The Hall–Kier alpha value is -2.64. The van der Waals surface area contributed by atoms with Crippen molar-refractivity contribution in [3.8, 4) is 0 Å². The Morgan fingerprint density at radius 3 is 2.19 bits per heavy atom. The monoisotopic (exact) mass is 565 g/mol. The van der Waals surface area contributed by atoms with Gasteiger partial charge in [0, 0.05) is 13.1 Å². The molecule has 1 fully saturated rings. The van der Waals surface area contributed by atoms with Crippen LogP contribution in [-0.2, 0) is 30.3 Å². The van der Waals surface area contributed by atoms with Gasteiger partial charge in [0.1, 0.15) is 4.90 Å². The van der Waals surface area contributed by atoms with Crippen LogP contribution < -0.4 is 21.1 Å². The minimum absolute atomic E-state index is 0.0562. The third-order valence-corrected chi connectivity index (χ3v) is 7.95. The van der Waals surface area contributed by atoms with Gasteiger partial charge in [-0.05, 0) is 49.3 Å². The minimum atomic E-state index is -4.78. The highest BCUT2D eigenvalue weighted by Crippen LogP contribution is 2.30. The van der Waals surface area contributed by atoms with E-state index >= 15 is 0 Å². The van der Waals surface area contributed by atoms with Crippen LogP contribution in [0.1, 0.15) is 25.7 Å². The van der Waals surface area contributed by atoms with E-state index in [4.69, 9.17) is 5.73 Å². The molecule has 36 heavy (non-hydrogen) atoms. The second-order valence-electron chi connectivity index (χ2n) is 8.47. The largest absolute Gasteiger partial charge is 0.368 e. The second kappa shape index (κ2) is 10.8. The van der Waals surface area contributed by atoms with Gasteiger partial charge >= 0.3 is 0 Å². The maximum atomic E-state index is 11.7. The lowest BCUT2D eigenvalue weighted by Gasteiger charge is -2.29. The van der Waals surface area contributed by atoms with Crippen LogP contribution in [0.15, 0.2) is 28.0 Å². The molecule has 1 saturated carbocycles. The highest BCUT2D eigenvalue weighted by Gasteiger charge is 2.24. The van der Waals surface area contributed by atoms with E-state index in [-0.39, 0.29) is 29.7 Å². The molecule has 1 aliphatic carbocycles. The quantitative estimate of drug-likeness (QED) is 0.214. The summed E-state index contributed by atoms with van der Waals surface area (Å²) >= 11 is 0. The molecule has 3 rings (SSSR count). The van der Waals surface area contributed by atoms with Crippen LogP contribution >= 0.6 is 0 Å². The van der Waals surface area contributed by atoms with E-state index in [0.29, 0.717) is 13.1 Å². The molecule has 0 amide bonds. The standard InChI is InChI=1S/C18H27N7O8S3/c1-34(26,27)21-10-12-4-2-3-11(7-12)9-20-17-23-16(19)24-18(25-17)22-14-8-13(35(28,29)30)5-6-15(14)36(31,32)33/h5-6,8,11-12,21H,2-4,7,9-10H2,1H3,(H,28,29,30)(H,31,32,33)(H4,19,20,22,23,24,25). The lowest BCUT2D eigenvalue weighted by Crippen LogP contribution is -2.32. The van der Waals surface area contributed by atoms with Gasteiger partial charge in [0.05, 0.1) is 16.8 Å². The zero-order valence-corrected chi connectivity index (χ0v) is 21.6. The van der Waals surface area contributed by atoms with Gasteiger partial charge in [-0.15, -0.1) is 0 Å². The van der Waals surface area contributed by atoms with Gasteiger partial charge in [0.15, 0.2) is 0 Å². The summed E-state index contributed by atoms with van der Waals surface area (Å²) < 4.78 is 90.4. The zero-order chi connectivity index (χ0) is 26.7. The fourth-order valence-corrected chi connectivity index (χ4v) is 5.59. The van der Waals surface area contributed by atoms with E-state index in [1.165, 1.54) is 0 Å². The average molecular weight is 566 g/mol. The van der Waals surface area contributed by atoms with Crippen molar-refractivity contribution in [1.82, 2.24) is 19.7 Å². The Kier molecular flexibility index (Phi) is 8.36. The lowest BCUT2D eigenvalue weighted by molar-refractivity contribution is 0.276. The maximum Gasteiger partial charge on any atom is 0.296 e. The predicted octanol–water partition coefficient (Wildman–Crippen LogP) is 0.458. The minimum Gasteiger partial charge on any atom is -0.368 e. The molecule has 200 valence electrons. The fourth-order valence-electron chi connectivity index (χ4n) is 3.92. The maximum absolute atomic E-state index is 11.7. The van der Waals surface area contributed by atoms with Crippen molar-refractivity contribution in [2.75, 3.05) is 35.7 Å². The van der Waals surface area contributed by atoms with E-state index in [1.54, 1.807) is 0 Å². The van der Waals surface area contributed by atoms with Crippen molar-refractivity contribution in [3.05, 3.63) is 18.2 Å². The van der Waals surface area contributed by atoms with Crippen LogP contribution in [0.25, 0.3) is 0 Å². The third-order valence-electron chi connectivity index (χ3n) is 5.50. The SMILES string of the molecule is CS(=O)(=O)NCC1CCCC(CNc2nc(N)nc(Nc3cc(S(=O)(=O)O)ccc3S(=O)(=O)O)n2)C1. The van der Waals surface area contributed by atoms with E-state index in [1.807, 2.05) is 0 Å². The van der Waals surface area contributed by atoms with Gasteiger partial charge in [-0.1, -0.05) is 6.42 Å². The van der Waals surface area contributed by atoms with Gasteiger partial charge in [0.25, 0.3) is 20.2 Å². The number of hydrogen-bond donors (Lipinski definition) is 6. The number of hydrogen-bond acceptors (Lipinski definition) is 12. The zero-order valence-electron chi connectivity index (χ0n) is 19.1. The van der Waals surface area contributed by atoms with Gasteiger partial charge in [-0.25, -0.2) is 13.1 Å². The number of rotatable bonds is 10. The number of benzene rings is 1. The van der Waals surface area contributed by atoms with Gasteiger partial charge in [0.2, 0.25) is 27.9 Å². The molecule has 18 heteroatoms. The van der Waals surface area contributed by atoms with Crippen LogP contribution in [0.5, 0.6) is 0 Å². The summed E-state index contributed by atoms with van der Waals surface area (Å²) in [6.45, 7) is 0.813. The van der Waals surface area contributed by atoms with Crippen molar-refractivity contribution in [2.45, 2.75) is 35.5 Å². The first-order chi connectivity index (χ1) is 16.6. The number of nitrogens with one attached hydrogen (secondary N) is 3. The smallest absolute Gasteiger partial charge is 0.296 e. The molecule has 0 saturated heterocycles. The van der Waals surface area contributed by atoms with E-state index in [2.05, 4.69) is 30.3 Å². The Labute approximate surface area is 208 Å². The number of sulfonamides is 1. The van der Waals surface area contributed by atoms with Gasteiger partial charge in [-0.2, -0.15) is 31.8 Å². The van der Waals surface area contributed by atoms with Gasteiger partial charge < -0.3 is 16.4 Å². The number of nitrogen functional groups attached to an aromatic ring is 1.